The first-order chi connectivity index (χ1) is 17.7. The van der Waals surface area contributed by atoms with Crippen LogP contribution in [0.4, 0.5) is 0 Å². The van der Waals surface area contributed by atoms with Gasteiger partial charge in [-0.25, -0.2) is 0 Å². The van der Waals surface area contributed by atoms with Crippen molar-refractivity contribution in [2.75, 3.05) is 41.0 Å². The Morgan fingerprint density at radius 3 is 1.77 bits per heavy atom. The number of benzene rings is 3. The van der Waals surface area contributed by atoms with Crippen molar-refractivity contribution in [3.05, 3.63) is 89.5 Å². The SMILES string of the molecule is COc1ccc(CCN2CCC[C@H]2COC(c2ccc(OC)cc2)c2ccc(OC)cc2)cc1.[3H]C. The summed E-state index contributed by atoms with van der Waals surface area (Å²) in [5.41, 5.74) is 3.57. The minimum absolute atomic E-state index is 0.138. The van der Waals surface area contributed by atoms with Crippen LogP contribution < -0.4 is 14.2 Å². The molecular formula is C30H39NO4. The highest BCUT2D eigenvalue weighted by molar-refractivity contribution is 5.36. The first-order valence-corrected chi connectivity index (χ1v) is 12.0. The van der Waals surface area contributed by atoms with E-state index in [0.29, 0.717) is 12.6 Å². The molecule has 0 saturated carbocycles. The third-order valence-corrected chi connectivity index (χ3v) is 6.64. The molecule has 0 N–H and O–H groups in total. The molecular weight excluding hydrogens is 438 g/mol. The maximum Gasteiger partial charge on any atom is 0.118 e. The van der Waals surface area contributed by atoms with Gasteiger partial charge in [-0.05, 0) is 78.9 Å². The molecule has 1 aliphatic heterocycles. The molecule has 1 aliphatic rings. The van der Waals surface area contributed by atoms with Crippen LogP contribution in [0.15, 0.2) is 72.8 Å². The predicted molar refractivity (Wildman–Crippen MR) is 142 cm³/mol. The van der Waals surface area contributed by atoms with Gasteiger partial charge in [0.05, 0.1) is 27.9 Å². The second kappa shape index (κ2) is 13.2. The number of likely N-dealkylation sites (tertiary alicyclic amines) is 1. The maximum absolute atomic E-state index is 6.62. The van der Waals surface area contributed by atoms with Crippen LogP contribution in [-0.2, 0) is 11.2 Å². The van der Waals surface area contributed by atoms with Crippen molar-refractivity contribution < 1.29 is 20.3 Å². The maximum atomic E-state index is 6.62. The monoisotopic (exact) mass is 479 g/mol. The molecule has 3 aromatic carbocycles. The summed E-state index contributed by atoms with van der Waals surface area (Å²) in [5.74, 6) is 2.59. The molecule has 0 aliphatic carbocycles. The van der Waals surface area contributed by atoms with Crippen LogP contribution in [0.25, 0.3) is 0 Å². The topological polar surface area (TPSA) is 40.2 Å². The largest absolute Gasteiger partial charge is 0.497 e. The van der Waals surface area contributed by atoms with Crippen molar-refractivity contribution in [2.24, 2.45) is 0 Å². The summed E-state index contributed by atoms with van der Waals surface area (Å²) in [7, 11) is 6.33. The molecule has 0 radical (unpaired) electrons. The fraction of sp³-hybridized carbons (Fsp3) is 0.400. The average molecular weight is 480 g/mol. The van der Waals surface area contributed by atoms with E-state index >= 15 is 0 Å². The van der Waals surface area contributed by atoms with E-state index in [1.54, 1.807) is 21.3 Å². The van der Waals surface area contributed by atoms with Gasteiger partial charge < -0.3 is 18.9 Å². The Hall–Kier alpha value is -3.02. The summed E-state index contributed by atoms with van der Waals surface area (Å²) in [4.78, 5) is 2.57. The van der Waals surface area contributed by atoms with E-state index in [1.165, 1.54) is 25.8 Å². The Kier molecular flexibility index (Phi) is 9.44. The second-order valence-corrected chi connectivity index (χ2v) is 8.69. The van der Waals surface area contributed by atoms with E-state index < -0.39 is 0 Å². The molecule has 5 heteroatoms. The van der Waals surface area contributed by atoms with Gasteiger partial charge in [-0.15, -0.1) is 0 Å². The van der Waals surface area contributed by atoms with Crippen LogP contribution in [-0.4, -0.2) is 52.0 Å². The number of rotatable bonds is 11. The Balaban J connectivity index is 0.00000176. The fourth-order valence-electron chi connectivity index (χ4n) is 4.59. The van der Waals surface area contributed by atoms with Crippen LogP contribution in [0.2, 0.25) is 0 Å². The molecule has 0 unspecified atom stereocenters. The molecule has 4 rings (SSSR count). The zero-order valence-corrected chi connectivity index (χ0v) is 21.4. The van der Waals surface area contributed by atoms with Crippen LogP contribution in [0.1, 0.15) is 44.4 Å². The zero-order chi connectivity index (χ0) is 25.8. The third kappa shape index (κ3) is 7.00. The van der Waals surface area contributed by atoms with Crippen molar-refractivity contribution in [1.82, 2.24) is 4.90 Å². The lowest BCUT2D eigenvalue weighted by Gasteiger charge is -2.27. The normalized spacial score (nSPS) is 15.8. The Bertz CT molecular complexity index is 961. The average Bonchev–Trinajstić information content (AvgIpc) is 3.41. The highest BCUT2D eigenvalue weighted by Gasteiger charge is 2.26. The summed E-state index contributed by atoms with van der Waals surface area (Å²) >= 11 is 0. The molecule has 35 heavy (non-hydrogen) atoms. The quantitative estimate of drug-likeness (QED) is 0.329. The molecule has 0 spiro atoms. The summed E-state index contributed by atoms with van der Waals surface area (Å²) in [6.45, 7) is 2.86. The molecule has 0 bridgehead atoms. The number of nitrogens with zero attached hydrogens (tertiary/aromatic N) is 1. The van der Waals surface area contributed by atoms with E-state index in [9.17, 15) is 0 Å². The smallest absolute Gasteiger partial charge is 0.118 e. The molecule has 3 aromatic rings. The molecule has 1 atom stereocenters. The van der Waals surface area contributed by atoms with Crippen LogP contribution >= 0.6 is 0 Å². The van der Waals surface area contributed by atoms with Crippen LogP contribution in [0.3, 0.4) is 0 Å². The van der Waals surface area contributed by atoms with Gasteiger partial charge in [0.15, 0.2) is 0 Å². The van der Waals surface area contributed by atoms with E-state index in [2.05, 4.69) is 41.3 Å². The van der Waals surface area contributed by atoms with Crippen LogP contribution in [0, 0.1) is 0 Å². The Labute approximate surface area is 212 Å². The lowest BCUT2D eigenvalue weighted by molar-refractivity contribution is 0.0381. The van der Waals surface area contributed by atoms with E-state index in [4.69, 9.17) is 20.3 Å². The molecule has 1 fully saturated rings. The molecule has 1 heterocycles. The van der Waals surface area contributed by atoms with E-state index in [1.807, 2.05) is 36.4 Å². The van der Waals surface area contributed by atoms with E-state index in [-0.39, 0.29) is 6.10 Å². The van der Waals surface area contributed by atoms with Gasteiger partial charge in [0.25, 0.3) is 0 Å². The summed E-state index contributed by atoms with van der Waals surface area (Å²) in [5, 5.41) is 0. The Morgan fingerprint density at radius 1 is 0.800 bits per heavy atom. The van der Waals surface area contributed by atoms with Gasteiger partial charge >= 0.3 is 0 Å². The number of hydrogen-bond acceptors (Lipinski definition) is 5. The molecule has 5 nitrogen and oxygen atoms in total. The second-order valence-electron chi connectivity index (χ2n) is 8.69. The number of ether oxygens (including phenoxy) is 4. The van der Waals surface area contributed by atoms with Crippen molar-refractivity contribution in [3.8, 4) is 17.2 Å². The molecule has 0 aromatic heterocycles. The first kappa shape index (κ1) is 25.1. The van der Waals surface area contributed by atoms with Crippen molar-refractivity contribution in [2.45, 2.75) is 38.8 Å². The van der Waals surface area contributed by atoms with Crippen molar-refractivity contribution in [3.63, 3.8) is 0 Å². The first-order valence-electron chi connectivity index (χ1n) is 13.0. The summed E-state index contributed by atoms with van der Waals surface area (Å²) < 4.78 is 28.3. The molecule has 1 saturated heterocycles. The Morgan fingerprint density at radius 2 is 1.29 bits per heavy atom. The van der Waals surface area contributed by atoms with Crippen molar-refractivity contribution >= 4 is 0 Å². The van der Waals surface area contributed by atoms with Crippen molar-refractivity contribution in [1.29, 1.82) is 0 Å². The minimum atomic E-state index is -0.138. The standard InChI is InChI=1S/C29H35NO4.CH4/c1-31-26-12-6-22(7-13-26)18-20-30-19-4-5-25(30)21-34-29(23-8-14-27(32-2)15-9-23)24-10-16-28(33-3)17-11-24;/h6-17,25,29H,4-5,18-21H2,1-3H3;1H4/t25-;/m0./s1/i;1T. The van der Waals surface area contributed by atoms with Gasteiger partial charge in [0.1, 0.15) is 23.4 Å². The highest BCUT2D eigenvalue weighted by atomic mass is 16.5. The third-order valence-electron chi connectivity index (χ3n) is 6.64. The van der Waals surface area contributed by atoms with Gasteiger partial charge in [-0.2, -0.15) is 0 Å². The van der Waals surface area contributed by atoms with Gasteiger partial charge in [0.2, 0.25) is 0 Å². The summed E-state index contributed by atoms with van der Waals surface area (Å²) in [6, 6.07) is 25.1. The fourth-order valence-corrected chi connectivity index (χ4v) is 4.59. The van der Waals surface area contributed by atoms with Gasteiger partial charge in [-0.1, -0.05) is 43.8 Å². The molecule has 0 amide bonds. The van der Waals surface area contributed by atoms with E-state index in [0.717, 1.165) is 47.9 Å². The number of methoxy groups -OCH3 is 3. The van der Waals surface area contributed by atoms with Gasteiger partial charge in [-0.3, -0.25) is 4.90 Å². The zero-order valence-electron chi connectivity index (χ0n) is 22.4. The lowest BCUT2D eigenvalue weighted by atomic mass is 10.0. The minimum Gasteiger partial charge on any atom is -0.497 e. The predicted octanol–water partition coefficient (Wildman–Crippen LogP) is 6.16. The molecule has 188 valence electrons. The summed E-state index contributed by atoms with van der Waals surface area (Å²) in [6.07, 6.45) is 3.27. The van der Waals surface area contributed by atoms with Gasteiger partial charge in [0, 0.05) is 14.0 Å². The lowest BCUT2D eigenvalue weighted by Crippen LogP contribution is -2.35. The van der Waals surface area contributed by atoms with Crippen LogP contribution in [0.5, 0.6) is 17.2 Å². The number of hydrogen-bond donors (Lipinski definition) is 0. The highest BCUT2D eigenvalue weighted by Crippen LogP contribution is 2.30.